The van der Waals surface area contributed by atoms with Gasteiger partial charge in [-0.1, -0.05) is 6.07 Å². The molecule has 0 radical (unpaired) electrons. The monoisotopic (exact) mass is 265 g/mol. The van der Waals surface area contributed by atoms with Crippen LogP contribution in [0, 0.1) is 0 Å². The smallest absolute Gasteiger partial charge is 0.227 e. The fraction of sp³-hybridized carbons (Fsp3) is 0.500. The number of rotatable bonds is 5. The standard InChI is InChI=1S/C14H19NO4/c1-2-15-12-4-3-5-13(19-9-10(17)8-16)11(12)6-7-14(15)18/h3-5,10,16-17H,2,6-9H2,1H3. The van der Waals surface area contributed by atoms with Gasteiger partial charge < -0.3 is 19.8 Å². The van der Waals surface area contributed by atoms with Crippen LogP contribution in [-0.2, 0) is 11.2 Å². The Morgan fingerprint density at radius 2 is 2.21 bits per heavy atom. The summed E-state index contributed by atoms with van der Waals surface area (Å²) in [4.78, 5) is 13.6. The van der Waals surface area contributed by atoms with Crippen molar-refractivity contribution in [1.29, 1.82) is 0 Å². The van der Waals surface area contributed by atoms with E-state index in [1.165, 1.54) is 0 Å². The van der Waals surface area contributed by atoms with Crippen LogP contribution in [0.5, 0.6) is 5.75 Å². The molecule has 2 N–H and O–H groups in total. The Balaban J connectivity index is 2.23. The number of carbonyl (C=O) groups excluding carboxylic acids is 1. The molecule has 0 saturated heterocycles. The van der Waals surface area contributed by atoms with E-state index in [1.807, 2.05) is 25.1 Å². The van der Waals surface area contributed by atoms with Crippen molar-refractivity contribution in [2.75, 3.05) is 24.7 Å². The maximum atomic E-state index is 11.8. The summed E-state index contributed by atoms with van der Waals surface area (Å²) in [6, 6.07) is 5.57. The van der Waals surface area contributed by atoms with Crippen molar-refractivity contribution in [2.24, 2.45) is 0 Å². The summed E-state index contributed by atoms with van der Waals surface area (Å²) in [5.41, 5.74) is 1.88. The number of nitrogens with zero attached hydrogens (tertiary/aromatic N) is 1. The van der Waals surface area contributed by atoms with E-state index in [0.717, 1.165) is 11.3 Å². The number of aliphatic hydroxyl groups is 2. The van der Waals surface area contributed by atoms with Crippen molar-refractivity contribution in [1.82, 2.24) is 0 Å². The van der Waals surface area contributed by atoms with Crippen LogP contribution in [0.15, 0.2) is 18.2 Å². The minimum absolute atomic E-state index is 0.0486. The highest BCUT2D eigenvalue weighted by atomic mass is 16.5. The quantitative estimate of drug-likeness (QED) is 0.823. The van der Waals surface area contributed by atoms with E-state index < -0.39 is 6.10 Å². The molecular weight excluding hydrogens is 246 g/mol. The molecule has 5 nitrogen and oxygen atoms in total. The molecule has 2 rings (SSSR count). The largest absolute Gasteiger partial charge is 0.490 e. The molecule has 0 fully saturated rings. The van der Waals surface area contributed by atoms with Crippen molar-refractivity contribution in [3.63, 3.8) is 0 Å². The van der Waals surface area contributed by atoms with E-state index in [4.69, 9.17) is 9.84 Å². The van der Waals surface area contributed by atoms with E-state index in [0.29, 0.717) is 25.1 Å². The number of benzene rings is 1. The van der Waals surface area contributed by atoms with Crippen LogP contribution >= 0.6 is 0 Å². The molecule has 1 atom stereocenters. The van der Waals surface area contributed by atoms with E-state index in [2.05, 4.69) is 0 Å². The van der Waals surface area contributed by atoms with Gasteiger partial charge in [-0.3, -0.25) is 4.79 Å². The predicted molar refractivity (Wildman–Crippen MR) is 71.4 cm³/mol. The second-order valence-corrected chi connectivity index (χ2v) is 4.54. The van der Waals surface area contributed by atoms with E-state index in [-0.39, 0.29) is 19.1 Å². The first kappa shape index (κ1) is 13.8. The first-order valence-electron chi connectivity index (χ1n) is 6.51. The molecule has 1 heterocycles. The molecular formula is C14H19NO4. The average Bonchev–Trinajstić information content (AvgIpc) is 2.44. The number of anilines is 1. The lowest BCUT2D eigenvalue weighted by Gasteiger charge is -2.29. The molecule has 1 aliphatic heterocycles. The Bertz CT molecular complexity index is 461. The van der Waals surface area contributed by atoms with Gasteiger partial charge in [-0.25, -0.2) is 0 Å². The predicted octanol–water partition coefficient (Wildman–Crippen LogP) is 0.718. The maximum absolute atomic E-state index is 11.8. The number of aliphatic hydroxyl groups excluding tert-OH is 2. The second kappa shape index (κ2) is 6.04. The minimum atomic E-state index is -0.886. The number of hydrogen-bond acceptors (Lipinski definition) is 4. The van der Waals surface area contributed by atoms with Crippen molar-refractivity contribution in [3.05, 3.63) is 23.8 Å². The molecule has 0 bridgehead atoms. The van der Waals surface area contributed by atoms with Gasteiger partial charge in [0.1, 0.15) is 18.5 Å². The third kappa shape index (κ3) is 2.88. The Hall–Kier alpha value is -1.59. The van der Waals surface area contributed by atoms with Crippen molar-refractivity contribution in [3.8, 4) is 5.75 Å². The maximum Gasteiger partial charge on any atom is 0.227 e. The number of carbonyl (C=O) groups is 1. The number of ether oxygens (including phenoxy) is 1. The van der Waals surface area contributed by atoms with Gasteiger partial charge in [0.05, 0.1) is 12.3 Å². The summed E-state index contributed by atoms with van der Waals surface area (Å²) in [7, 11) is 0. The van der Waals surface area contributed by atoms with Crippen molar-refractivity contribution >= 4 is 11.6 Å². The lowest BCUT2D eigenvalue weighted by Crippen LogP contribution is -2.35. The van der Waals surface area contributed by atoms with Gasteiger partial charge in [-0.15, -0.1) is 0 Å². The summed E-state index contributed by atoms with van der Waals surface area (Å²) in [5.74, 6) is 0.804. The zero-order valence-electron chi connectivity index (χ0n) is 11.0. The summed E-state index contributed by atoms with van der Waals surface area (Å²) in [6.07, 6.45) is 0.239. The second-order valence-electron chi connectivity index (χ2n) is 4.54. The van der Waals surface area contributed by atoms with Crippen LogP contribution in [0.25, 0.3) is 0 Å². The highest BCUT2D eigenvalue weighted by molar-refractivity contribution is 5.96. The Kier molecular flexibility index (Phi) is 4.39. The Morgan fingerprint density at radius 3 is 2.89 bits per heavy atom. The van der Waals surface area contributed by atoms with Gasteiger partial charge >= 0.3 is 0 Å². The molecule has 5 heteroatoms. The molecule has 1 unspecified atom stereocenters. The third-order valence-corrected chi connectivity index (χ3v) is 3.25. The summed E-state index contributed by atoms with van der Waals surface area (Å²) in [5, 5.41) is 18.1. The van der Waals surface area contributed by atoms with Gasteiger partial charge in [0.2, 0.25) is 5.91 Å². The normalized spacial score (nSPS) is 16.2. The van der Waals surface area contributed by atoms with Crippen LogP contribution in [-0.4, -0.2) is 42.0 Å². The Labute approximate surface area is 112 Å². The molecule has 1 amide bonds. The summed E-state index contributed by atoms with van der Waals surface area (Å²) in [6.45, 7) is 2.30. The zero-order valence-corrected chi connectivity index (χ0v) is 11.0. The lowest BCUT2D eigenvalue weighted by atomic mass is 10.00. The van der Waals surface area contributed by atoms with Gasteiger partial charge in [0.25, 0.3) is 0 Å². The fourth-order valence-corrected chi connectivity index (χ4v) is 2.28. The summed E-state index contributed by atoms with van der Waals surface area (Å²) < 4.78 is 5.54. The minimum Gasteiger partial charge on any atom is -0.490 e. The highest BCUT2D eigenvalue weighted by Gasteiger charge is 2.25. The first-order chi connectivity index (χ1) is 9.17. The van der Waals surface area contributed by atoms with E-state index in [1.54, 1.807) is 4.90 Å². The fourth-order valence-electron chi connectivity index (χ4n) is 2.28. The highest BCUT2D eigenvalue weighted by Crippen LogP contribution is 2.34. The van der Waals surface area contributed by atoms with Crippen LogP contribution in [0.4, 0.5) is 5.69 Å². The van der Waals surface area contributed by atoms with Gasteiger partial charge in [-0.2, -0.15) is 0 Å². The molecule has 0 aromatic heterocycles. The molecule has 0 aliphatic carbocycles. The SMILES string of the molecule is CCN1C(=O)CCc2c(OCC(O)CO)cccc21. The van der Waals surface area contributed by atoms with E-state index in [9.17, 15) is 9.90 Å². The van der Waals surface area contributed by atoms with Gasteiger partial charge in [0.15, 0.2) is 0 Å². The topological polar surface area (TPSA) is 70.0 Å². The number of amides is 1. The van der Waals surface area contributed by atoms with Crippen molar-refractivity contribution in [2.45, 2.75) is 25.9 Å². The molecule has 104 valence electrons. The molecule has 1 aliphatic rings. The van der Waals surface area contributed by atoms with Gasteiger partial charge in [-0.05, 0) is 25.5 Å². The first-order valence-corrected chi connectivity index (χ1v) is 6.51. The van der Waals surface area contributed by atoms with Crippen LogP contribution in [0.3, 0.4) is 0 Å². The van der Waals surface area contributed by atoms with E-state index >= 15 is 0 Å². The Morgan fingerprint density at radius 1 is 1.42 bits per heavy atom. The van der Waals surface area contributed by atoms with Crippen molar-refractivity contribution < 1.29 is 19.7 Å². The number of hydrogen-bond donors (Lipinski definition) is 2. The molecule has 1 aromatic rings. The average molecular weight is 265 g/mol. The van der Waals surface area contributed by atoms with Gasteiger partial charge in [0, 0.05) is 18.5 Å². The molecule has 0 spiro atoms. The third-order valence-electron chi connectivity index (χ3n) is 3.25. The number of fused-ring (bicyclic) bond motifs is 1. The molecule has 0 saturated carbocycles. The summed E-state index contributed by atoms with van der Waals surface area (Å²) >= 11 is 0. The molecule has 19 heavy (non-hydrogen) atoms. The van der Waals surface area contributed by atoms with Crippen LogP contribution < -0.4 is 9.64 Å². The van der Waals surface area contributed by atoms with Crippen LogP contribution in [0.2, 0.25) is 0 Å². The lowest BCUT2D eigenvalue weighted by molar-refractivity contribution is -0.118. The molecule has 1 aromatic carbocycles. The van der Waals surface area contributed by atoms with Crippen LogP contribution in [0.1, 0.15) is 18.9 Å². The zero-order chi connectivity index (χ0) is 13.8.